The Balaban J connectivity index is 1.49. The molecule has 0 fully saturated rings. The second-order valence-corrected chi connectivity index (χ2v) is 8.59. The van der Waals surface area contributed by atoms with Crippen LogP contribution < -0.4 is 9.47 Å². The molecule has 0 unspecified atom stereocenters. The topological polar surface area (TPSA) is 85.1 Å². The van der Waals surface area contributed by atoms with Gasteiger partial charge >= 0.3 is 0 Å². The number of benzene rings is 3. The summed E-state index contributed by atoms with van der Waals surface area (Å²) >= 11 is 0. The van der Waals surface area contributed by atoms with Gasteiger partial charge in [0.25, 0.3) is 5.69 Å². The lowest BCUT2D eigenvalue weighted by atomic mass is 9.89. The zero-order chi connectivity index (χ0) is 24.1. The largest absolute Gasteiger partial charge is 0.504 e. The molecule has 1 N–H and O–H groups in total. The van der Waals surface area contributed by atoms with Gasteiger partial charge in [0.15, 0.2) is 11.5 Å². The van der Waals surface area contributed by atoms with Gasteiger partial charge in [-0.15, -0.1) is 0 Å². The van der Waals surface area contributed by atoms with E-state index in [1.807, 2.05) is 42.5 Å². The first kappa shape index (κ1) is 23.6. The molecule has 1 aliphatic rings. The van der Waals surface area contributed by atoms with Gasteiger partial charge in [-0.25, -0.2) is 0 Å². The smallest absolute Gasteiger partial charge is 0.269 e. The Bertz CT molecular complexity index is 1160. The number of nitrogens with zero attached hydrogens (tertiary/aromatic N) is 2. The lowest BCUT2D eigenvalue weighted by molar-refractivity contribution is -0.384. The van der Waals surface area contributed by atoms with Gasteiger partial charge in [-0.3, -0.25) is 15.0 Å². The first-order chi connectivity index (χ1) is 16.5. The highest BCUT2D eigenvalue weighted by Gasteiger charge is 2.24. The molecule has 7 heteroatoms. The third-order valence-corrected chi connectivity index (χ3v) is 6.52. The van der Waals surface area contributed by atoms with Crippen LogP contribution in [-0.4, -0.2) is 42.2 Å². The molecule has 0 radical (unpaired) electrons. The maximum absolute atomic E-state index is 11.0. The molecule has 3 aromatic carbocycles. The van der Waals surface area contributed by atoms with E-state index in [2.05, 4.69) is 4.90 Å². The number of hydrogen-bond donors (Lipinski definition) is 1. The first-order valence-corrected chi connectivity index (χ1v) is 11.5. The second kappa shape index (κ2) is 10.6. The van der Waals surface area contributed by atoms with Gasteiger partial charge in [-0.1, -0.05) is 30.3 Å². The summed E-state index contributed by atoms with van der Waals surface area (Å²) in [6.07, 6.45) is 3.27. The summed E-state index contributed by atoms with van der Waals surface area (Å²) in [6, 6.07) is 16.6. The van der Waals surface area contributed by atoms with E-state index in [0.717, 1.165) is 66.9 Å². The summed E-state index contributed by atoms with van der Waals surface area (Å²) in [5.74, 6) is 1.50. The zero-order valence-corrected chi connectivity index (χ0v) is 19.6. The Morgan fingerprint density at radius 3 is 2.50 bits per heavy atom. The summed E-state index contributed by atoms with van der Waals surface area (Å²) in [5.41, 5.74) is 5.50. The minimum Gasteiger partial charge on any atom is -0.504 e. The molecule has 0 spiro atoms. The average Bonchev–Trinajstić information content (AvgIpc) is 2.86. The third-order valence-electron chi connectivity index (χ3n) is 6.52. The number of ether oxygens (including phenoxy) is 2. The van der Waals surface area contributed by atoms with Crippen LogP contribution in [0.4, 0.5) is 5.69 Å². The number of aromatic hydroxyl groups is 1. The highest BCUT2D eigenvalue weighted by Crippen LogP contribution is 2.39. The molecule has 178 valence electrons. The predicted molar refractivity (Wildman–Crippen MR) is 131 cm³/mol. The van der Waals surface area contributed by atoms with Gasteiger partial charge in [-0.05, 0) is 60.2 Å². The summed E-state index contributed by atoms with van der Waals surface area (Å²) in [6.45, 7) is 2.62. The molecule has 0 aliphatic carbocycles. The maximum atomic E-state index is 11.0. The molecule has 0 bridgehead atoms. The van der Waals surface area contributed by atoms with Crippen molar-refractivity contribution < 1.29 is 19.5 Å². The number of nitro benzene ring substituents is 1. The predicted octanol–water partition coefficient (Wildman–Crippen LogP) is 4.90. The van der Waals surface area contributed by atoms with Crippen molar-refractivity contribution in [3.63, 3.8) is 0 Å². The van der Waals surface area contributed by atoms with Crippen molar-refractivity contribution in [3.05, 3.63) is 92.5 Å². The lowest BCUT2D eigenvalue weighted by Crippen LogP contribution is -2.32. The number of methoxy groups -OCH3 is 2. The zero-order valence-electron chi connectivity index (χ0n) is 19.6. The van der Waals surface area contributed by atoms with Crippen molar-refractivity contribution in [3.8, 4) is 17.2 Å². The third kappa shape index (κ3) is 5.15. The van der Waals surface area contributed by atoms with Crippen LogP contribution in [-0.2, 0) is 25.8 Å². The quantitative estimate of drug-likeness (QED) is 0.360. The van der Waals surface area contributed by atoms with Crippen LogP contribution in [0.25, 0.3) is 0 Å². The number of hydrogen-bond acceptors (Lipinski definition) is 6. The van der Waals surface area contributed by atoms with Crippen LogP contribution in [0.3, 0.4) is 0 Å². The minimum absolute atomic E-state index is 0.120. The van der Waals surface area contributed by atoms with E-state index in [-0.39, 0.29) is 16.4 Å². The van der Waals surface area contributed by atoms with Crippen molar-refractivity contribution in [2.75, 3.05) is 27.3 Å². The molecule has 1 aliphatic heterocycles. The van der Waals surface area contributed by atoms with Gasteiger partial charge in [-0.2, -0.15) is 0 Å². The highest BCUT2D eigenvalue weighted by atomic mass is 16.6. The molecule has 4 rings (SSSR count). The summed E-state index contributed by atoms with van der Waals surface area (Å²) in [5, 5.41) is 21.9. The molecule has 0 amide bonds. The van der Waals surface area contributed by atoms with Gasteiger partial charge in [0.2, 0.25) is 0 Å². The number of aryl methyl sites for hydroxylation is 1. The lowest BCUT2D eigenvalue weighted by Gasteiger charge is -2.31. The van der Waals surface area contributed by atoms with E-state index in [1.165, 1.54) is 5.56 Å². The van der Waals surface area contributed by atoms with Gasteiger partial charge in [0.05, 0.1) is 19.1 Å². The van der Waals surface area contributed by atoms with Crippen LogP contribution in [0.5, 0.6) is 17.2 Å². The fraction of sp³-hybridized carbons (Fsp3) is 0.333. The molecule has 0 saturated carbocycles. The molecular formula is C27H30N2O5. The Morgan fingerprint density at radius 2 is 1.79 bits per heavy atom. The fourth-order valence-corrected chi connectivity index (χ4v) is 4.67. The van der Waals surface area contributed by atoms with Crippen LogP contribution in [0.15, 0.2) is 54.6 Å². The number of rotatable bonds is 9. The van der Waals surface area contributed by atoms with E-state index in [1.54, 1.807) is 26.4 Å². The molecule has 7 nitrogen and oxygen atoms in total. The normalized spacial score (nSPS) is 13.4. The number of nitro groups is 1. The molecule has 3 aromatic rings. The van der Waals surface area contributed by atoms with E-state index < -0.39 is 0 Å². The number of phenolic OH excluding ortho intramolecular Hbond substituents is 1. The minimum atomic E-state index is -0.373. The number of fused-ring (bicyclic) bond motifs is 1. The highest BCUT2D eigenvalue weighted by molar-refractivity contribution is 5.56. The number of phenols is 1. The fourth-order valence-electron chi connectivity index (χ4n) is 4.67. The SMILES string of the molecule is COc1ccccc1Cc1c(O)c(OC)cc2c1CN(CCCc1ccc([N+](=O)[O-])cc1)CC2. The Morgan fingerprint density at radius 1 is 1.06 bits per heavy atom. The van der Waals surface area contributed by atoms with Crippen molar-refractivity contribution >= 4 is 5.69 Å². The molecule has 1 heterocycles. The van der Waals surface area contributed by atoms with Crippen molar-refractivity contribution in [2.45, 2.75) is 32.2 Å². The van der Waals surface area contributed by atoms with E-state index >= 15 is 0 Å². The van der Waals surface area contributed by atoms with E-state index in [4.69, 9.17) is 9.47 Å². The summed E-state index contributed by atoms with van der Waals surface area (Å²) < 4.78 is 11.0. The average molecular weight is 463 g/mol. The summed E-state index contributed by atoms with van der Waals surface area (Å²) in [7, 11) is 3.24. The van der Waals surface area contributed by atoms with Crippen LogP contribution >= 0.6 is 0 Å². The molecule has 34 heavy (non-hydrogen) atoms. The van der Waals surface area contributed by atoms with E-state index in [9.17, 15) is 15.2 Å². The Kier molecular flexibility index (Phi) is 7.33. The van der Waals surface area contributed by atoms with Crippen LogP contribution in [0.1, 0.15) is 34.2 Å². The molecular weight excluding hydrogens is 432 g/mol. The maximum Gasteiger partial charge on any atom is 0.269 e. The van der Waals surface area contributed by atoms with Gasteiger partial charge < -0.3 is 14.6 Å². The molecule has 0 saturated heterocycles. The van der Waals surface area contributed by atoms with Gasteiger partial charge in [0.1, 0.15) is 5.75 Å². The van der Waals surface area contributed by atoms with Gasteiger partial charge in [0, 0.05) is 37.2 Å². The van der Waals surface area contributed by atoms with Crippen molar-refractivity contribution in [1.82, 2.24) is 4.90 Å². The van der Waals surface area contributed by atoms with Crippen LogP contribution in [0, 0.1) is 10.1 Å². The Labute approximate surface area is 199 Å². The monoisotopic (exact) mass is 462 g/mol. The second-order valence-electron chi connectivity index (χ2n) is 8.59. The standard InChI is InChI=1S/C27H30N2O5/c1-33-25-8-4-3-7-21(25)16-23-24-18-28(15-13-20(24)17-26(34-2)27(23)30)14-5-6-19-9-11-22(12-10-19)29(31)32/h3-4,7-12,17,30H,5-6,13-16,18H2,1-2H3. The molecule has 0 atom stereocenters. The first-order valence-electron chi connectivity index (χ1n) is 11.5. The summed E-state index contributed by atoms with van der Waals surface area (Å²) in [4.78, 5) is 12.9. The van der Waals surface area contributed by atoms with Crippen molar-refractivity contribution in [2.24, 2.45) is 0 Å². The van der Waals surface area contributed by atoms with E-state index in [0.29, 0.717) is 12.2 Å². The number of non-ortho nitro benzene ring substituents is 1. The van der Waals surface area contributed by atoms with Crippen LogP contribution in [0.2, 0.25) is 0 Å². The number of para-hydroxylation sites is 1. The van der Waals surface area contributed by atoms with Crippen molar-refractivity contribution in [1.29, 1.82) is 0 Å². The molecule has 0 aromatic heterocycles. The Hall–Kier alpha value is -3.58.